The van der Waals surface area contributed by atoms with E-state index in [4.69, 9.17) is 0 Å². The van der Waals surface area contributed by atoms with Gasteiger partial charge < -0.3 is 5.32 Å². The molecule has 0 radical (unpaired) electrons. The average Bonchev–Trinajstić information content (AvgIpc) is 2.81. The highest BCUT2D eigenvalue weighted by molar-refractivity contribution is 9.10. The zero-order chi connectivity index (χ0) is 15.0. The molecule has 3 rings (SSSR count). The van der Waals surface area contributed by atoms with E-state index in [9.17, 15) is 0 Å². The largest absolute Gasteiger partial charge is 0.308 e. The Morgan fingerprint density at radius 3 is 2.81 bits per heavy atom. The molecular formula is C17H22BrN3. The van der Waals surface area contributed by atoms with Crippen molar-refractivity contribution < 1.29 is 0 Å². The lowest BCUT2D eigenvalue weighted by atomic mass is 9.72. The van der Waals surface area contributed by atoms with Crippen LogP contribution in [0, 0.1) is 0 Å². The molecule has 21 heavy (non-hydrogen) atoms. The van der Waals surface area contributed by atoms with Crippen molar-refractivity contribution in [1.29, 1.82) is 0 Å². The van der Waals surface area contributed by atoms with E-state index >= 15 is 0 Å². The Bertz CT molecular complexity index is 633. The van der Waals surface area contributed by atoms with Crippen LogP contribution in [0.15, 0.2) is 34.9 Å². The zero-order valence-electron chi connectivity index (χ0n) is 12.8. The minimum absolute atomic E-state index is 0.309. The van der Waals surface area contributed by atoms with Crippen LogP contribution in [0.4, 0.5) is 0 Å². The number of hydrogen-bond acceptors (Lipinski definition) is 2. The number of aromatic nitrogens is 2. The molecule has 3 nitrogen and oxygen atoms in total. The van der Waals surface area contributed by atoms with Crippen LogP contribution in [0.25, 0.3) is 0 Å². The van der Waals surface area contributed by atoms with Gasteiger partial charge in [0.25, 0.3) is 0 Å². The third-order valence-corrected chi connectivity index (χ3v) is 4.90. The topological polar surface area (TPSA) is 29.9 Å². The third-order valence-electron chi connectivity index (χ3n) is 4.29. The van der Waals surface area contributed by atoms with E-state index in [1.807, 2.05) is 6.20 Å². The molecule has 1 aliphatic rings. The summed E-state index contributed by atoms with van der Waals surface area (Å²) in [5, 5.41) is 8.22. The van der Waals surface area contributed by atoms with Gasteiger partial charge in [-0.3, -0.25) is 4.68 Å². The molecule has 2 aromatic rings. The Labute approximate surface area is 134 Å². The molecule has 112 valence electrons. The van der Waals surface area contributed by atoms with E-state index in [0.717, 1.165) is 17.4 Å². The number of fused-ring (bicyclic) bond motifs is 1. The molecule has 0 aliphatic heterocycles. The van der Waals surface area contributed by atoms with Crippen molar-refractivity contribution in [2.45, 2.75) is 45.2 Å². The van der Waals surface area contributed by atoms with Crippen molar-refractivity contribution in [2.24, 2.45) is 0 Å². The van der Waals surface area contributed by atoms with Crippen LogP contribution in [0.2, 0.25) is 0 Å². The lowest BCUT2D eigenvalue weighted by molar-refractivity contribution is 0.376. The van der Waals surface area contributed by atoms with Crippen LogP contribution in [-0.2, 0) is 6.42 Å². The molecule has 4 heteroatoms. The number of halogens is 1. The van der Waals surface area contributed by atoms with Crippen molar-refractivity contribution in [2.75, 3.05) is 6.54 Å². The van der Waals surface area contributed by atoms with E-state index in [1.54, 1.807) is 0 Å². The summed E-state index contributed by atoms with van der Waals surface area (Å²) in [7, 11) is 0. The average molecular weight is 348 g/mol. The maximum absolute atomic E-state index is 4.54. The van der Waals surface area contributed by atoms with Crippen LogP contribution in [-0.4, -0.2) is 16.3 Å². The number of likely N-dealkylation sites (N-methyl/N-ethyl adjacent to an activating group) is 1. The number of hydrogen-bond donors (Lipinski definition) is 1. The third kappa shape index (κ3) is 2.55. The molecule has 0 bridgehead atoms. The molecule has 1 aromatic carbocycles. The fraction of sp³-hybridized carbons (Fsp3) is 0.471. The van der Waals surface area contributed by atoms with E-state index < -0.39 is 0 Å². The summed E-state index contributed by atoms with van der Waals surface area (Å²) >= 11 is 3.69. The minimum atomic E-state index is 0.309. The molecule has 0 amide bonds. The van der Waals surface area contributed by atoms with E-state index in [2.05, 4.69) is 76.1 Å². The number of nitrogens with one attached hydrogen (secondary N) is 1. The van der Waals surface area contributed by atoms with E-state index in [-0.39, 0.29) is 0 Å². The fourth-order valence-electron chi connectivity index (χ4n) is 3.30. The van der Waals surface area contributed by atoms with Crippen molar-refractivity contribution in [3.05, 3.63) is 51.8 Å². The highest BCUT2D eigenvalue weighted by Gasteiger charge is 2.36. The molecule has 1 aliphatic carbocycles. The van der Waals surface area contributed by atoms with Crippen molar-refractivity contribution >= 4 is 15.9 Å². The quantitative estimate of drug-likeness (QED) is 0.877. The van der Waals surface area contributed by atoms with Gasteiger partial charge in [0.05, 0.1) is 22.4 Å². The highest BCUT2D eigenvalue weighted by atomic mass is 79.9. The first kappa shape index (κ1) is 14.8. The van der Waals surface area contributed by atoms with Gasteiger partial charge in [-0.05, 0) is 53.9 Å². The van der Waals surface area contributed by atoms with Crippen LogP contribution < -0.4 is 5.32 Å². The van der Waals surface area contributed by atoms with E-state index in [1.165, 1.54) is 16.8 Å². The van der Waals surface area contributed by atoms with Crippen molar-refractivity contribution in [3.63, 3.8) is 0 Å². The summed E-state index contributed by atoms with van der Waals surface area (Å²) in [5.74, 6) is 0.534. The van der Waals surface area contributed by atoms with Crippen LogP contribution in [0.3, 0.4) is 0 Å². The van der Waals surface area contributed by atoms with Crippen LogP contribution in [0.1, 0.15) is 55.6 Å². The van der Waals surface area contributed by atoms with Gasteiger partial charge >= 0.3 is 0 Å². The molecular weight excluding hydrogens is 326 g/mol. The second-order valence-electron chi connectivity index (χ2n) is 5.96. The minimum Gasteiger partial charge on any atom is -0.308 e. The predicted molar refractivity (Wildman–Crippen MR) is 89.6 cm³/mol. The van der Waals surface area contributed by atoms with Gasteiger partial charge in [0.1, 0.15) is 0 Å². The van der Waals surface area contributed by atoms with Gasteiger partial charge in [-0.25, -0.2) is 0 Å². The monoisotopic (exact) mass is 347 g/mol. The number of rotatable bonds is 5. The molecule has 0 saturated carbocycles. The van der Waals surface area contributed by atoms with Crippen molar-refractivity contribution in [1.82, 2.24) is 15.1 Å². The summed E-state index contributed by atoms with van der Waals surface area (Å²) in [6, 6.07) is 9.45. The molecule has 2 unspecified atom stereocenters. The SMILES string of the molecule is CCNC(c1c(Br)cnn1C(C)C)C1Cc2ccccc21. The lowest BCUT2D eigenvalue weighted by Crippen LogP contribution is -2.35. The van der Waals surface area contributed by atoms with E-state index in [0.29, 0.717) is 18.0 Å². The second-order valence-corrected chi connectivity index (χ2v) is 6.82. The summed E-state index contributed by atoms with van der Waals surface area (Å²) in [6.07, 6.45) is 3.06. The highest BCUT2D eigenvalue weighted by Crippen LogP contribution is 2.45. The summed E-state index contributed by atoms with van der Waals surface area (Å²) in [5.41, 5.74) is 4.23. The Hall–Kier alpha value is -1.13. The summed E-state index contributed by atoms with van der Waals surface area (Å²) in [6.45, 7) is 7.49. The number of nitrogens with zero attached hydrogens (tertiary/aromatic N) is 2. The Kier molecular flexibility index (Phi) is 4.18. The Morgan fingerprint density at radius 2 is 2.14 bits per heavy atom. The first-order valence-corrected chi connectivity index (χ1v) is 8.46. The van der Waals surface area contributed by atoms with Crippen LogP contribution in [0.5, 0.6) is 0 Å². The van der Waals surface area contributed by atoms with Gasteiger partial charge in [-0.15, -0.1) is 0 Å². The van der Waals surface area contributed by atoms with Gasteiger partial charge in [0.15, 0.2) is 0 Å². The standard InChI is InChI=1S/C17H22BrN3/c1-4-19-16(14-9-12-7-5-6-8-13(12)14)17-15(18)10-20-21(17)11(2)3/h5-8,10-11,14,16,19H,4,9H2,1-3H3. The van der Waals surface area contributed by atoms with Gasteiger partial charge in [0, 0.05) is 12.0 Å². The van der Waals surface area contributed by atoms with Crippen molar-refractivity contribution in [3.8, 4) is 0 Å². The number of benzene rings is 1. The molecule has 0 fully saturated rings. The first-order chi connectivity index (χ1) is 10.1. The normalized spacial score (nSPS) is 18.4. The molecule has 1 aromatic heterocycles. The maximum Gasteiger partial charge on any atom is 0.0705 e. The molecule has 0 spiro atoms. The maximum atomic E-state index is 4.54. The predicted octanol–water partition coefficient (Wildman–Crippen LogP) is 4.22. The zero-order valence-corrected chi connectivity index (χ0v) is 14.4. The Balaban J connectivity index is 1.99. The Morgan fingerprint density at radius 1 is 1.38 bits per heavy atom. The summed E-state index contributed by atoms with van der Waals surface area (Å²) < 4.78 is 3.24. The fourth-order valence-corrected chi connectivity index (χ4v) is 3.82. The van der Waals surface area contributed by atoms with Gasteiger partial charge in [-0.2, -0.15) is 5.10 Å². The van der Waals surface area contributed by atoms with Gasteiger partial charge in [0.2, 0.25) is 0 Å². The first-order valence-electron chi connectivity index (χ1n) is 7.67. The summed E-state index contributed by atoms with van der Waals surface area (Å²) in [4.78, 5) is 0. The van der Waals surface area contributed by atoms with Gasteiger partial charge in [-0.1, -0.05) is 31.2 Å². The second kappa shape index (κ2) is 5.93. The molecule has 1 heterocycles. The lowest BCUT2D eigenvalue weighted by Gasteiger charge is -2.37. The molecule has 2 atom stereocenters. The molecule has 0 saturated heterocycles. The smallest absolute Gasteiger partial charge is 0.0705 e. The molecule has 1 N–H and O–H groups in total. The van der Waals surface area contributed by atoms with Crippen LogP contribution >= 0.6 is 15.9 Å².